The molecular formula is C28H25F3N8O2. The number of nitrogens with zero attached hydrogens (tertiary/aromatic N) is 7. The molecule has 2 N–H and O–H groups in total. The van der Waals surface area contributed by atoms with Crippen molar-refractivity contribution in [3.63, 3.8) is 0 Å². The van der Waals surface area contributed by atoms with Gasteiger partial charge in [-0.25, -0.2) is 24.9 Å². The van der Waals surface area contributed by atoms with Gasteiger partial charge in [-0.3, -0.25) is 0 Å². The molecule has 10 nitrogen and oxygen atoms in total. The number of anilines is 3. The second-order valence-electron chi connectivity index (χ2n) is 11.1. The van der Waals surface area contributed by atoms with Crippen LogP contribution in [-0.4, -0.2) is 59.5 Å². The number of ether oxygens (including phenoxy) is 1. The molecule has 1 spiro atoms. The summed E-state index contributed by atoms with van der Waals surface area (Å²) in [4.78, 5) is 23.8. The summed E-state index contributed by atoms with van der Waals surface area (Å²) >= 11 is 0. The van der Waals surface area contributed by atoms with Gasteiger partial charge in [-0.15, -0.1) is 0 Å². The van der Waals surface area contributed by atoms with Gasteiger partial charge in [-0.05, 0) is 55.7 Å². The molecule has 0 bridgehead atoms. The largest absolute Gasteiger partial charge is 0.457 e. The first kappa shape index (κ1) is 25.4. The smallest absolute Gasteiger partial charge is 0.417 e. The van der Waals surface area contributed by atoms with Crippen LogP contribution in [0.1, 0.15) is 18.4 Å². The Morgan fingerprint density at radius 2 is 1.80 bits per heavy atom. The third kappa shape index (κ3) is 4.27. The predicted molar refractivity (Wildman–Crippen MR) is 145 cm³/mol. The summed E-state index contributed by atoms with van der Waals surface area (Å²) in [6.45, 7) is 2.64. The summed E-state index contributed by atoms with van der Waals surface area (Å²) < 4.78 is 47.3. The molecule has 4 heterocycles. The highest BCUT2D eigenvalue weighted by Crippen LogP contribution is 2.59. The second-order valence-corrected chi connectivity index (χ2v) is 11.1. The molecule has 2 aliphatic rings. The van der Waals surface area contributed by atoms with Crippen molar-refractivity contribution in [2.45, 2.75) is 31.5 Å². The summed E-state index contributed by atoms with van der Waals surface area (Å²) in [5.74, 6) is 2.23. The minimum Gasteiger partial charge on any atom is -0.457 e. The molecule has 13 heteroatoms. The zero-order valence-electron chi connectivity index (χ0n) is 22.1. The van der Waals surface area contributed by atoms with E-state index in [1.165, 1.54) is 6.33 Å². The molecule has 1 saturated heterocycles. The molecular weight excluding hydrogens is 537 g/mol. The first-order valence-electron chi connectivity index (χ1n) is 13.0. The molecule has 3 aromatic heterocycles. The third-order valence-electron chi connectivity index (χ3n) is 7.92. The van der Waals surface area contributed by atoms with E-state index in [1.807, 2.05) is 59.8 Å². The average molecular weight is 563 g/mol. The molecule has 0 amide bonds. The Balaban J connectivity index is 1.07. The van der Waals surface area contributed by atoms with Gasteiger partial charge < -0.3 is 24.6 Å². The number of nitrogens with one attached hydrogen (secondary N) is 1. The van der Waals surface area contributed by atoms with Crippen molar-refractivity contribution in [2.24, 2.45) is 12.5 Å². The van der Waals surface area contributed by atoms with E-state index in [1.54, 1.807) is 12.5 Å². The molecule has 41 heavy (non-hydrogen) atoms. The first-order chi connectivity index (χ1) is 19.5. The van der Waals surface area contributed by atoms with Crippen LogP contribution in [0.25, 0.3) is 22.1 Å². The van der Waals surface area contributed by atoms with Crippen molar-refractivity contribution >= 4 is 39.5 Å². The van der Waals surface area contributed by atoms with Gasteiger partial charge in [0.2, 0.25) is 5.95 Å². The lowest BCUT2D eigenvalue weighted by Crippen LogP contribution is -2.72. The van der Waals surface area contributed by atoms with Crippen LogP contribution in [0.2, 0.25) is 0 Å². The second kappa shape index (κ2) is 8.74. The van der Waals surface area contributed by atoms with Crippen LogP contribution < -0.4 is 15.0 Å². The van der Waals surface area contributed by atoms with E-state index >= 15 is 0 Å². The maximum atomic E-state index is 13.1. The molecule has 1 saturated carbocycles. The van der Waals surface area contributed by atoms with Crippen LogP contribution >= 0.6 is 0 Å². The predicted octanol–water partition coefficient (Wildman–Crippen LogP) is 5.04. The Kier molecular flexibility index (Phi) is 5.42. The summed E-state index contributed by atoms with van der Waals surface area (Å²) in [5.41, 5.74) is 1.37. The van der Waals surface area contributed by atoms with E-state index in [0.717, 1.165) is 22.3 Å². The zero-order valence-corrected chi connectivity index (χ0v) is 22.1. The molecule has 1 aliphatic carbocycles. The van der Waals surface area contributed by atoms with E-state index in [0.29, 0.717) is 47.4 Å². The summed E-state index contributed by atoms with van der Waals surface area (Å²) in [5, 5.41) is 13.1. The number of hydrogen-bond donors (Lipinski definition) is 2. The Morgan fingerprint density at radius 1 is 1.00 bits per heavy atom. The summed E-state index contributed by atoms with van der Waals surface area (Å²) in [6.07, 6.45) is -0.482. The highest BCUT2D eigenvalue weighted by atomic mass is 19.4. The van der Waals surface area contributed by atoms with Crippen LogP contribution in [0.4, 0.5) is 30.6 Å². The third-order valence-corrected chi connectivity index (χ3v) is 7.92. The monoisotopic (exact) mass is 562 g/mol. The molecule has 0 unspecified atom stereocenters. The zero-order chi connectivity index (χ0) is 28.6. The summed E-state index contributed by atoms with van der Waals surface area (Å²) in [7, 11) is 1.94. The molecule has 5 aromatic rings. The van der Waals surface area contributed by atoms with Gasteiger partial charge in [0.25, 0.3) is 0 Å². The number of benzene rings is 2. The Bertz CT molecular complexity index is 1810. The quantitative estimate of drug-likeness (QED) is 0.304. The van der Waals surface area contributed by atoms with Crippen LogP contribution in [0.5, 0.6) is 11.5 Å². The number of imidazole rings is 1. The Hall–Kier alpha value is -4.52. The van der Waals surface area contributed by atoms with Crippen LogP contribution in [0.3, 0.4) is 0 Å². The average Bonchev–Trinajstić information content (AvgIpc) is 3.26. The maximum absolute atomic E-state index is 13.1. The van der Waals surface area contributed by atoms with Gasteiger partial charge in [0.05, 0.1) is 23.6 Å². The van der Waals surface area contributed by atoms with Gasteiger partial charge >= 0.3 is 6.18 Å². The molecule has 2 aromatic carbocycles. The lowest BCUT2D eigenvalue weighted by molar-refractivity contribution is -0.319. The van der Waals surface area contributed by atoms with E-state index in [-0.39, 0.29) is 12.8 Å². The number of hydrogen-bond acceptors (Lipinski definition) is 9. The number of rotatable bonds is 5. The normalized spacial score (nSPS) is 17.5. The van der Waals surface area contributed by atoms with Gasteiger partial charge in [0.1, 0.15) is 28.9 Å². The van der Waals surface area contributed by atoms with Crippen molar-refractivity contribution in [3.8, 4) is 11.5 Å². The number of alkyl halides is 3. The molecule has 1 aliphatic heterocycles. The lowest BCUT2D eigenvalue weighted by Gasteiger charge is -2.62. The van der Waals surface area contributed by atoms with Crippen molar-refractivity contribution in [1.29, 1.82) is 0 Å². The summed E-state index contributed by atoms with van der Waals surface area (Å²) in [6, 6.07) is 11.4. The Labute approximate surface area is 231 Å². The topological polar surface area (TPSA) is 114 Å². The van der Waals surface area contributed by atoms with Crippen molar-refractivity contribution in [2.75, 3.05) is 23.3 Å². The SMILES string of the molecule is Cc1cc(Nc2ncnc3cnc(N4CC5(C4)CC(O)(C(F)(F)F)C5)nc23)ccc1Oc1ccc2c(c1)ncn2C. The first-order valence-corrected chi connectivity index (χ1v) is 13.0. The van der Waals surface area contributed by atoms with E-state index in [2.05, 4.69) is 30.2 Å². The number of aryl methyl sites for hydroxylation is 2. The minimum absolute atomic E-state index is 0.305. The van der Waals surface area contributed by atoms with Crippen molar-refractivity contribution in [3.05, 3.63) is 60.8 Å². The standard InChI is InChI=1S/C28H25F3N8O2/c1-16-7-17(3-6-22(16)41-18-4-5-21-19(8-18)35-15-38(21)2)36-24-23-20(33-14-34-24)9-32-25(37-23)39-12-26(13-39)10-27(40,11-26)28(29,30)31/h3-9,14-15,40H,10-13H2,1-2H3,(H,33,34,36). The van der Waals surface area contributed by atoms with E-state index in [4.69, 9.17) is 4.74 Å². The fraction of sp³-hybridized carbons (Fsp3) is 0.321. The maximum Gasteiger partial charge on any atom is 0.417 e. The highest BCUT2D eigenvalue weighted by Gasteiger charge is 2.70. The number of halogens is 3. The fourth-order valence-electron chi connectivity index (χ4n) is 5.89. The van der Waals surface area contributed by atoms with Crippen LogP contribution in [0.15, 0.2) is 55.2 Å². The molecule has 0 atom stereocenters. The highest BCUT2D eigenvalue weighted by molar-refractivity contribution is 5.87. The van der Waals surface area contributed by atoms with Gasteiger partial charge in [-0.1, -0.05) is 0 Å². The van der Waals surface area contributed by atoms with Gasteiger partial charge in [-0.2, -0.15) is 13.2 Å². The van der Waals surface area contributed by atoms with Crippen LogP contribution in [-0.2, 0) is 7.05 Å². The minimum atomic E-state index is -4.62. The van der Waals surface area contributed by atoms with E-state index < -0.39 is 17.2 Å². The van der Waals surface area contributed by atoms with E-state index in [9.17, 15) is 18.3 Å². The number of aliphatic hydroxyl groups is 1. The lowest BCUT2D eigenvalue weighted by atomic mass is 9.55. The fourth-order valence-corrected chi connectivity index (χ4v) is 5.89. The Morgan fingerprint density at radius 3 is 2.56 bits per heavy atom. The number of aromatic nitrogens is 6. The molecule has 7 rings (SSSR count). The molecule has 0 radical (unpaired) electrons. The molecule has 2 fully saturated rings. The van der Waals surface area contributed by atoms with Gasteiger partial charge in [0.15, 0.2) is 11.4 Å². The van der Waals surface area contributed by atoms with Gasteiger partial charge in [0, 0.05) is 37.3 Å². The van der Waals surface area contributed by atoms with Crippen LogP contribution in [0, 0.1) is 12.3 Å². The number of fused-ring (bicyclic) bond motifs is 2. The van der Waals surface area contributed by atoms with Crippen molar-refractivity contribution in [1.82, 2.24) is 29.5 Å². The molecule has 210 valence electrons. The van der Waals surface area contributed by atoms with Crippen molar-refractivity contribution < 1.29 is 23.0 Å².